The van der Waals surface area contributed by atoms with Crippen LogP contribution >= 0.6 is 0 Å². The number of hydrogen-bond acceptors (Lipinski definition) is 3. The van der Waals surface area contributed by atoms with Crippen molar-refractivity contribution in [3.05, 3.63) is 41.0 Å². The molecule has 0 saturated carbocycles. The van der Waals surface area contributed by atoms with Crippen LogP contribution in [0.15, 0.2) is 35.0 Å². The Balaban J connectivity index is 2.39. The number of oxime groups is 1. The Bertz CT molecular complexity index is 503. The second-order valence-corrected chi connectivity index (χ2v) is 4.99. The lowest BCUT2D eigenvalue weighted by atomic mass is 9.97. The van der Waals surface area contributed by atoms with Crippen LogP contribution in [0.25, 0.3) is 5.57 Å². The molecule has 0 atom stereocenters. The van der Waals surface area contributed by atoms with Gasteiger partial charge in [-0.2, -0.15) is 0 Å². The third-order valence-corrected chi connectivity index (χ3v) is 3.66. The van der Waals surface area contributed by atoms with E-state index in [9.17, 15) is 10.3 Å². The molecule has 1 aliphatic carbocycles. The van der Waals surface area contributed by atoms with Gasteiger partial charge >= 0.3 is 0 Å². The molecular weight excluding hydrogens is 238 g/mol. The first-order chi connectivity index (χ1) is 9.30. The summed E-state index contributed by atoms with van der Waals surface area (Å²) in [7, 11) is 0. The summed E-state index contributed by atoms with van der Waals surface area (Å²) < 4.78 is 0. The average Bonchev–Trinajstić information content (AvgIpc) is 2.88. The van der Waals surface area contributed by atoms with E-state index in [1.807, 2.05) is 24.3 Å². The Hall–Kier alpha value is -1.61. The Labute approximate surface area is 114 Å². The van der Waals surface area contributed by atoms with Gasteiger partial charge in [-0.1, -0.05) is 42.3 Å². The van der Waals surface area contributed by atoms with Gasteiger partial charge in [-0.15, -0.1) is 0 Å². The Kier molecular flexibility index (Phi) is 4.74. The van der Waals surface area contributed by atoms with Gasteiger partial charge in [0.25, 0.3) is 0 Å². The number of hydrogen-bond donors (Lipinski definition) is 2. The Morgan fingerprint density at radius 1 is 1.26 bits per heavy atom. The summed E-state index contributed by atoms with van der Waals surface area (Å²) in [4.78, 5) is 0. The van der Waals surface area contributed by atoms with Gasteiger partial charge in [0.05, 0.1) is 12.3 Å². The SMILES string of the molecule is CCCCC1=C(c2cccc(CO)c2)C(=NO)CC1. The van der Waals surface area contributed by atoms with Crippen LogP contribution in [-0.2, 0) is 6.61 Å². The highest BCUT2D eigenvalue weighted by Gasteiger charge is 2.22. The predicted molar refractivity (Wildman–Crippen MR) is 77.3 cm³/mol. The molecule has 0 radical (unpaired) electrons. The minimum atomic E-state index is 0.0387. The number of unbranched alkanes of at least 4 members (excludes halogenated alkanes) is 1. The van der Waals surface area contributed by atoms with Crippen LogP contribution in [0.4, 0.5) is 0 Å². The van der Waals surface area contributed by atoms with E-state index >= 15 is 0 Å². The fourth-order valence-electron chi connectivity index (χ4n) is 2.66. The fourth-order valence-corrected chi connectivity index (χ4v) is 2.66. The molecule has 1 aliphatic rings. The molecule has 2 rings (SSSR count). The molecule has 0 fully saturated rings. The lowest BCUT2D eigenvalue weighted by Gasteiger charge is -2.09. The van der Waals surface area contributed by atoms with E-state index in [0.717, 1.165) is 48.1 Å². The zero-order valence-corrected chi connectivity index (χ0v) is 11.4. The number of aliphatic hydroxyl groups is 1. The van der Waals surface area contributed by atoms with Crippen molar-refractivity contribution < 1.29 is 10.3 Å². The first-order valence-electron chi connectivity index (χ1n) is 6.93. The third-order valence-electron chi connectivity index (χ3n) is 3.66. The molecule has 1 aromatic carbocycles. The molecule has 102 valence electrons. The number of rotatable bonds is 5. The van der Waals surface area contributed by atoms with Crippen molar-refractivity contribution in [1.82, 2.24) is 0 Å². The molecule has 3 heteroatoms. The molecule has 2 N–H and O–H groups in total. The number of benzene rings is 1. The van der Waals surface area contributed by atoms with Crippen LogP contribution < -0.4 is 0 Å². The summed E-state index contributed by atoms with van der Waals surface area (Å²) >= 11 is 0. The van der Waals surface area contributed by atoms with E-state index in [-0.39, 0.29) is 6.61 Å². The average molecular weight is 259 g/mol. The highest BCUT2D eigenvalue weighted by atomic mass is 16.4. The summed E-state index contributed by atoms with van der Waals surface area (Å²) in [6, 6.07) is 7.86. The quantitative estimate of drug-likeness (QED) is 0.625. The molecule has 1 aromatic rings. The normalized spacial score (nSPS) is 17.5. The Morgan fingerprint density at radius 2 is 2.11 bits per heavy atom. The maximum Gasteiger partial charge on any atom is 0.0876 e. The second kappa shape index (κ2) is 6.53. The molecule has 0 heterocycles. The summed E-state index contributed by atoms with van der Waals surface area (Å²) in [5.74, 6) is 0. The smallest absolute Gasteiger partial charge is 0.0876 e. The lowest BCUT2D eigenvalue weighted by Crippen LogP contribution is -1.98. The molecule has 19 heavy (non-hydrogen) atoms. The molecule has 0 aliphatic heterocycles. The van der Waals surface area contributed by atoms with Crippen molar-refractivity contribution in [2.75, 3.05) is 0 Å². The topological polar surface area (TPSA) is 52.8 Å². The largest absolute Gasteiger partial charge is 0.411 e. The van der Waals surface area contributed by atoms with Crippen molar-refractivity contribution >= 4 is 11.3 Å². The van der Waals surface area contributed by atoms with E-state index < -0.39 is 0 Å². The van der Waals surface area contributed by atoms with E-state index in [4.69, 9.17) is 0 Å². The highest BCUT2D eigenvalue weighted by molar-refractivity contribution is 6.26. The van der Waals surface area contributed by atoms with E-state index in [1.54, 1.807) is 0 Å². The summed E-state index contributed by atoms with van der Waals surface area (Å²) in [5.41, 5.74) is 5.20. The van der Waals surface area contributed by atoms with Crippen molar-refractivity contribution in [3.63, 3.8) is 0 Å². The zero-order chi connectivity index (χ0) is 13.7. The Morgan fingerprint density at radius 3 is 2.79 bits per heavy atom. The predicted octanol–water partition coefficient (Wildman–Crippen LogP) is 3.75. The van der Waals surface area contributed by atoms with Crippen LogP contribution in [-0.4, -0.2) is 16.0 Å². The maximum absolute atomic E-state index is 9.24. The van der Waals surface area contributed by atoms with Crippen molar-refractivity contribution in [1.29, 1.82) is 0 Å². The van der Waals surface area contributed by atoms with Crippen LogP contribution in [0.1, 0.15) is 50.2 Å². The van der Waals surface area contributed by atoms with Gasteiger partial charge in [0, 0.05) is 5.57 Å². The minimum absolute atomic E-state index is 0.0387. The van der Waals surface area contributed by atoms with Crippen LogP contribution in [0, 0.1) is 0 Å². The molecule has 0 aromatic heterocycles. The van der Waals surface area contributed by atoms with Gasteiger partial charge in [-0.25, -0.2) is 0 Å². The third kappa shape index (κ3) is 3.04. The number of allylic oxidation sites excluding steroid dienone is 2. The fraction of sp³-hybridized carbons (Fsp3) is 0.438. The molecule has 3 nitrogen and oxygen atoms in total. The monoisotopic (exact) mass is 259 g/mol. The summed E-state index contributed by atoms with van der Waals surface area (Å²) in [5, 5.41) is 21.9. The van der Waals surface area contributed by atoms with E-state index in [1.165, 1.54) is 12.0 Å². The van der Waals surface area contributed by atoms with Gasteiger partial charge in [-0.3, -0.25) is 0 Å². The summed E-state index contributed by atoms with van der Waals surface area (Å²) in [6.07, 6.45) is 5.19. The molecule has 0 amide bonds. The van der Waals surface area contributed by atoms with Crippen molar-refractivity contribution in [3.8, 4) is 0 Å². The van der Waals surface area contributed by atoms with Crippen LogP contribution in [0.2, 0.25) is 0 Å². The molecule has 0 saturated heterocycles. The second-order valence-electron chi connectivity index (χ2n) is 4.99. The summed E-state index contributed by atoms with van der Waals surface area (Å²) in [6.45, 7) is 2.22. The lowest BCUT2D eigenvalue weighted by molar-refractivity contribution is 0.282. The van der Waals surface area contributed by atoms with Gasteiger partial charge in [0.1, 0.15) is 0 Å². The molecule has 0 spiro atoms. The zero-order valence-electron chi connectivity index (χ0n) is 11.4. The number of aliphatic hydroxyl groups excluding tert-OH is 1. The molecule has 0 bridgehead atoms. The minimum Gasteiger partial charge on any atom is -0.411 e. The molecule has 0 unspecified atom stereocenters. The molecular formula is C16H21NO2. The highest BCUT2D eigenvalue weighted by Crippen LogP contribution is 2.35. The van der Waals surface area contributed by atoms with Crippen molar-refractivity contribution in [2.45, 2.75) is 45.6 Å². The van der Waals surface area contributed by atoms with Crippen LogP contribution in [0.3, 0.4) is 0 Å². The first-order valence-corrected chi connectivity index (χ1v) is 6.93. The van der Waals surface area contributed by atoms with E-state index in [2.05, 4.69) is 12.1 Å². The van der Waals surface area contributed by atoms with Crippen molar-refractivity contribution in [2.24, 2.45) is 5.16 Å². The van der Waals surface area contributed by atoms with E-state index in [0.29, 0.717) is 0 Å². The van der Waals surface area contributed by atoms with Gasteiger partial charge in [0.15, 0.2) is 0 Å². The van der Waals surface area contributed by atoms with Crippen LogP contribution in [0.5, 0.6) is 0 Å². The van der Waals surface area contributed by atoms with Gasteiger partial charge in [-0.05, 0) is 42.9 Å². The maximum atomic E-state index is 9.24. The first kappa shape index (κ1) is 13.8. The van der Waals surface area contributed by atoms with Gasteiger partial charge in [0.2, 0.25) is 0 Å². The standard InChI is InChI=1S/C16H21NO2/c1-2-3-6-13-8-9-15(17-19)16(13)14-7-4-5-12(10-14)11-18/h4-5,7,10,18-19H,2-3,6,8-9,11H2,1H3. The number of nitrogens with zero attached hydrogens (tertiary/aromatic N) is 1. The van der Waals surface area contributed by atoms with Gasteiger partial charge < -0.3 is 10.3 Å².